The summed E-state index contributed by atoms with van der Waals surface area (Å²) in [6.45, 7) is 0.277. The number of rotatable bonds is 3. The highest BCUT2D eigenvalue weighted by molar-refractivity contribution is 6.30. The van der Waals surface area contributed by atoms with Crippen LogP contribution in [0.15, 0.2) is 34.1 Å². The van der Waals surface area contributed by atoms with Crippen molar-refractivity contribution in [3.8, 4) is 0 Å². The van der Waals surface area contributed by atoms with Crippen molar-refractivity contribution < 1.29 is 0 Å². The van der Waals surface area contributed by atoms with Crippen molar-refractivity contribution in [3.63, 3.8) is 0 Å². The normalized spacial score (nSPS) is 10.3. The van der Waals surface area contributed by atoms with Gasteiger partial charge in [-0.05, 0) is 6.07 Å². The topological polar surface area (TPSA) is 79.8 Å². The van der Waals surface area contributed by atoms with E-state index in [2.05, 4.69) is 15.3 Å². The molecule has 0 aliphatic heterocycles. The summed E-state index contributed by atoms with van der Waals surface area (Å²) in [6, 6.07) is 3.61. The van der Waals surface area contributed by atoms with Crippen molar-refractivity contribution in [1.29, 1.82) is 0 Å². The van der Waals surface area contributed by atoms with E-state index in [1.54, 1.807) is 19.3 Å². The summed E-state index contributed by atoms with van der Waals surface area (Å²) in [7, 11) is 1.74. The summed E-state index contributed by atoms with van der Waals surface area (Å²) < 4.78 is 1.32. The second-order valence-corrected chi connectivity index (χ2v) is 4.03. The number of hydrogen-bond donors (Lipinski definition) is 2. The highest BCUT2D eigenvalue weighted by atomic mass is 35.5. The first-order chi connectivity index (χ1) is 8.61. The van der Waals surface area contributed by atoms with E-state index in [0.717, 1.165) is 5.56 Å². The van der Waals surface area contributed by atoms with Crippen molar-refractivity contribution in [2.24, 2.45) is 0 Å². The van der Waals surface area contributed by atoms with E-state index in [1.165, 1.54) is 10.8 Å². The first kappa shape index (κ1) is 12.4. The van der Waals surface area contributed by atoms with Crippen LogP contribution in [0.5, 0.6) is 0 Å². The van der Waals surface area contributed by atoms with Crippen LogP contribution in [0.1, 0.15) is 5.56 Å². The molecule has 94 valence electrons. The van der Waals surface area contributed by atoms with E-state index in [-0.39, 0.29) is 11.6 Å². The van der Waals surface area contributed by atoms with Gasteiger partial charge in [0.05, 0.1) is 6.54 Å². The molecule has 0 spiro atoms. The lowest BCUT2D eigenvalue weighted by molar-refractivity contribution is 0.719. The average Bonchev–Trinajstić information content (AvgIpc) is 2.36. The molecule has 0 aliphatic rings. The molecule has 0 amide bonds. The minimum absolute atomic E-state index is 0.0236. The molecule has 0 saturated heterocycles. The minimum Gasteiger partial charge on any atom is -0.373 e. The fourth-order valence-corrected chi connectivity index (χ4v) is 1.74. The molecule has 2 N–H and O–H groups in total. The number of halogens is 1. The smallest absolute Gasteiger partial charge is 0.328 e. The minimum atomic E-state index is -0.585. The van der Waals surface area contributed by atoms with Gasteiger partial charge in [-0.1, -0.05) is 17.7 Å². The van der Waals surface area contributed by atoms with Crippen LogP contribution in [0.4, 0.5) is 5.82 Å². The number of aromatic nitrogens is 3. The predicted molar refractivity (Wildman–Crippen MR) is 69.2 cm³/mol. The average molecular weight is 267 g/mol. The molecule has 2 heterocycles. The van der Waals surface area contributed by atoms with Gasteiger partial charge >= 0.3 is 5.69 Å². The number of aromatic amines is 1. The van der Waals surface area contributed by atoms with Crippen LogP contribution in [0.3, 0.4) is 0 Å². The number of pyridine rings is 1. The third-order valence-corrected chi connectivity index (χ3v) is 2.71. The summed E-state index contributed by atoms with van der Waals surface area (Å²) in [6.07, 6.45) is 2.97. The second kappa shape index (κ2) is 5.05. The lowest BCUT2D eigenvalue weighted by atomic mass is 10.2. The molecule has 0 radical (unpaired) electrons. The van der Waals surface area contributed by atoms with Gasteiger partial charge < -0.3 is 5.32 Å². The quantitative estimate of drug-likeness (QED) is 0.856. The SMILES string of the molecule is CNc1ncccc1Cn1cc(Cl)c(=O)[nH]c1=O. The predicted octanol–water partition coefficient (Wildman–Crippen LogP) is 0.675. The largest absolute Gasteiger partial charge is 0.373 e. The molecule has 0 fully saturated rings. The Hall–Kier alpha value is -2.08. The lowest BCUT2D eigenvalue weighted by Crippen LogP contribution is -2.30. The lowest BCUT2D eigenvalue weighted by Gasteiger charge is -2.09. The van der Waals surface area contributed by atoms with Gasteiger partial charge in [-0.3, -0.25) is 14.3 Å². The van der Waals surface area contributed by atoms with Gasteiger partial charge in [0.15, 0.2) is 0 Å². The Morgan fingerprint density at radius 2 is 2.28 bits per heavy atom. The first-order valence-electron chi connectivity index (χ1n) is 5.22. The Morgan fingerprint density at radius 3 is 3.00 bits per heavy atom. The third kappa shape index (κ3) is 2.43. The van der Waals surface area contributed by atoms with Crippen LogP contribution in [-0.2, 0) is 6.54 Å². The molecule has 0 saturated carbocycles. The highest BCUT2D eigenvalue weighted by Crippen LogP contribution is 2.11. The van der Waals surface area contributed by atoms with Crippen LogP contribution in [0.25, 0.3) is 0 Å². The van der Waals surface area contributed by atoms with Gasteiger partial charge in [0.2, 0.25) is 0 Å². The molecular formula is C11H11ClN4O2. The Kier molecular flexibility index (Phi) is 3.47. The number of nitrogens with one attached hydrogen (secondary N) is 2. The summed E-state index contributed by atoms with van der Waals surface area (Å²) in [5, 5.41) is 2.91. The fraction of sp³-hybridized carbons (Fsp3) is 0.182. The maximum absolute atomic E-state index is 11.6. The maximum Gasteiger partial charge on any atom is 0.328 e. The van der Waals surface area contributed by atoms with Crippen molar-refractivity contribution in [1.82, 2.24) is 14.5 Å². The van der Waals surface area contributed by atoms with Crippen molar-refractivity contribution >= 4 is 17.4 Å². The zero-order chi connectivity index (χ0) is 13.1. The summed E-state index contributed by atoms with van der Waals surface area (Å²) >= 11 is 5.69. The van der Waals surface area contributed by atoms with Crippen molar-refractivity contribution in [3.05, 3.63) is 56.0 Å². The second-order valence-electron chi connectivity index (χ2n) is 3.63. The molecule has 0 bridgehead atoms. The summed E-state index contributed by atoms with van der Waals surface area (Å²) in [5.74, 6) is 0.673. The van der Waals surface area contributed by atoms with Gasteiger partial charge in [-0.15, -0.1) is 0 Å². The van der Waals surface area contributed by atoms with Crippen LogP contribution < -0.4 is 16.6 Å². The third-order valence-electron chi connectivity index (χ3n) is 2.44. The molecule has 2 rings (SSSR count). The molecule has 2 aromatic heterocycles. The van der Waals surface area contributed by atoms with Crippen molar-refractivity contribution in [2.45, 2.75) is 6.54 Å². The molecule has 0 unspecified atom stereocenters. The van der Waals surface area contributed by atoms with E-state index >= 15 is 0 Å². The molecule has 7 heteroatoms. The van der Waals surface area contributed by atoms with E-state index in [4.69, 9.17) is 11.6 Å². The van der Waals surface area contributed by atoms with E-state index in [1.807, 2.05) is 6.07 Å². The zero-order valence-corrected chi connectivity index (χ0v) is 10.4. The molecule has 6 nitrogen and oxygen atoms in total. The Balaban J connectivity index is 2.43. The van der Waals surface area contributed by atoms with Crippen LogP contribution in [-0.4, -0.2) is 21.6 Å². The van der Waals surface area contributed by atoms with Gasteiger partial charge in [-0.2, -0.15) is 0 Å². The van der Waals surface area contributed by atoms with E-state index in [9.17, 15) is 9.59 Å². The van der Waals surface area contributed by atoms with E-state index < -0.39 is 11.2 Å². The highest BCUT2D eigenvalue weighted by Gasteiger charge is 2.06. The van der Waals surface area contributed by atoms with Gasteiger partial charge in [0, 0.05) is 25.0 Å². The summed E-state index contributed by atoms with van der Waals surface area (Å²) in [4.78, 5) is 29.0. The molecule has 0 atom stereocenters. The van der Waals surface area contributed by atoms with Crippen LogP contribution in [0.2, 0.25) is 5.02 Å². The van der Waals surface area contributed by atoms with Gasteiger partial charge in [-0.25, -0.2) is 9.78 Å². The molecule has 2 aromatic rings. The monoisotopic (exact) mass is 266 g/mol. The van der Waals surface area contributed by atoms with Gasteiger partial charge in [0.25, 0.3) is 5.56 Å². The van der Waals surface area contributed by atoms with Gasteiger partial charge in [0.1, 0.15) is 10.8 Å². The number of H-pyrrole nitrogens is 1. The first-order valence-corrected chi connectivity index (χ1v) is 5.60. The van der Waals surface area contributed by atoms with Crippen LogP contribution in [0, 0.1) is 0 Å². The molecule has 0 aromatic carbocycles. The van der Waals surface area contributed by atoms with E-state index in [0.29, 0.717) is 5.82 Å². The molecule has 18 heavy (non-hydrogen) atoms. The Bertz CT molecular complexity index is 677. The maximum atomic E-state index is 11.6. The Labute approximate surface area is 107 Å². The number of anilines is 1. The zero-order valence-electron chi connectivity index (χ0n) is 9.61. The standard InChI is InChI=1S/C11H11ClN4O2/c1-13-9-7(3-2-4-14-9)5-16-6-8(12)10(17)15-11(16)18/h2-4,6H,5H2,1H3,(H,13,14)(H,15,17,18). The van der Waals surface area contributed by atoms with Crippen molar-refractivity contribution in [2.75, 3.05) is 12.4 Å². The summed E-state index contributed by atoms with van der Waals surface area (Å²) in [5.41, 5.74) is -0.265. The fourth-order valence-electron chi connectivity index (χ4n) is 1.57. The van der Waals surface area contributed by atoms with Crippen LogP contribution >= 0.6 is 11.6 Å². The molecular weight excluding hydrogens is 256 g/mol. The number of hydrogen-bond acceptors (Lipinski definition) is 4. The number of nitrogens with zero attached hydrogens (tertiary/aromatic N) is 2. The molecule has 0 aliphatic carbocycles. The Morgan fingerprint density at radius 1 is 1.50 bits per heavy atom.